The van der Waals surface area contributed by atoms with E-state index in [1.807, 2.05) is 12.1 Å². The minimum Gasteiger partial charge on any atom is -0.629 e. The first-order chi connectivity index (χ1) is 7.99. The van der Waals surface area contributed by atoms with Gasteiger partial charge in [0.25, 0.3) is 0 Å². The van der Waals surface area contributed by atoms with Gasteiger partial charge in [-0.05, 0) is 40.1 Å². The van der Waals surface area contributed by atoms with E-state index in [-0.39, 0.29) is 5.06 Å². The van der Waals surface area contributed by atoms with E-state index < -0.39 is 0 Å². The van der Waals surface area contributed by atoms with E-state index in [1.54, 1.807) is 25.2 Å². The van der Waals surface area contributed by atoms with Crippen LogP contribution in [0.5, 0.6) is 0 Å². The van der Waals surface area contributed by atoms with Crippen molar-refractivity contribution in [2.24, 2.45) is 0 Å². The smallest absolute Gasteiger partial charge is 0.216 e. The average Bonchev–Trinajstić information content (AvgIpc) is 2.26. The Hall–Kier alpha value is -1.18. The van der Waals surface area contributed by atoms with Crippen LogP contribution in [0.4, 0.5) is 11.4 Å². The molecule has 0 aliphatic heterocycles. The van der Waals surface area contributed by atoms with Crippen LogP contribution in [-0.2, 0) is 0 Å². The van der Waals surface area contributed by atoms with Gasteiger partial charge in [0.1, 0.15) is 12.4 Å². The molecule has 88 valence electrons. The van der Waals surface area contributed by atoms with Gasteiger partial charge in [0, 0.05) is 27.2 Å². The summed E-state index contributed by atoms with van der Waals surface area (Å²) >= 11 is 2.16. The number of nitrogens with one attached hydrogen (secondary N) is 1. The summed E-state index contributed by atoms with van der Waals surface area (Å²) in [7, 11) is 1.54. The molecule has 0 spiro atoms. The van der Waals surface area contributed by atoms with Gasteiger partial charge in [-0.2, -0.15) is 4.74 Å². The first-order valence-corrected chi connectivity index (χ1v) is 6.09. The second-order valence-corrected chi connectivity index (χ2v) is 5.04. The highest BCUT2D eigenvalue weighted by Gasteiger charge is 2.09. The Balaban J connectivity index is 2.75. The highest BCUT2D eigenvalue weighted by atomic mass is 127. The molecule has 1 unspecified atom stereocenters. The van der Waals surface area contributed by atoms with E-state index >= 15 is 0 Å². The number of fused-ring (bicyclic) bond motifs is 1. The first-order valence-electron chi connectivity index (χ1n) is 5.01. The maximum atomic E-state index is 11.5. The van der Waals surface area contributed by atoms with Gasteiger partial charge in [0.05, 0.1) is 7.05 Å². The third-order valence-corrected chi connectivity index (χ3v) is 3.19. The van der Waals surface area contributed by atoms with E-state index in [2.05, 4.69) is 29.3 Å². The van der Waals surface area contributed by atoms with Gasteiger partial charge in [0.15, 0.2) is 0 Å². The lowest BCUT2D eigenvalue weighted by Gasteiger charge is -2.18. The summed E-state index contributed by atoms with van der Waals surface area (Å²) < 4.78 is 1.53. The Morgan fingerprint density at radius 2 is 2.00 bits per heavy atom. The lowest BCUT2D eigenvalue weighted by Crippen LogP contribution is -2.98. The molecule has 0 heterocycles. The predicted molar refractivity (Wildman–Crippen MR) is 77.0 cm³/mol. The van der Waals surface area contributed by atoms with Crippen LogP contribution in [0.25, 0.3) is 10.8 Å². The summed E-state index contributed by atoms with van der Waals surface area (Å²) in [5.41, 5.74) is 1.16. The minimum atomic E-state index is 0.0230. The molecule has 1 N–H and O–H groups in total. The van der Waals surface area contributed by atoms with Crippen LogP contribution in [0.1, 0.15) is 0 Å². The lowest BCUT2D eigenvalue weighted by molar-refractivity contribution is -0.750. The number of rotatable bonds is 2. The van der Waals surface area contributed by atoms with Crippen molar-refractivity contribution in [3.8, 4) is 0 Å². The van der Waals surface area contributed by atoms with Gasteiger partial charge in [-0.3, -0.25) is 0 Å². The Morgan fingerprint density at radius 3 is 2.59 bits per heavy atom. The van der Waals surface area contributed by atoms with Crippen molar-refractivity contribution in [1.29, 1.82) is 0 Å². The van der Waals surface area contributed by atoms with E-state index in [9.17, 15) is 10.4 Å². The molecule has 2 aromatic rings. The number of hydrogen-bond acceptors (Lipinski definition) is 2. The summed E-state index contributed by atoms with van der Waals surface area (Å²) in [4.78, 5) is 0. The zero-order chi connectivity index (χ0) is 12.6. The predicted octanol–water partition coefficient (Wildman–Crippen LogP) is 1.93. The zero-order valence-corrected chi connectivity index (χ0v) is 11.4. The van der Waals surface area contributed by atoms with Crippen molar-refractivity contribution in [1.82, 2.24) is 0 Å². The quantitative estimate of drug-likeness (QED) is 0.298. The van der Waals surface area contributed by atoms with Crippen molar-refractivity contribution in [3.63, 3.8) is 0 Å². The summed E-state index contributed by atoms with van der Waals surface area (Å²) in [6.07, 6.45) is 0. The van der Waals surface area contributed by atoms with Gasteiger partial charge in [0.2, 0.25) is 5.69 Å². The summed E-state index contributed by atoms with van der Waals surface area (Å²) in [6, 6.07) is 8.98. The maximum absolute atomic E-state index is 11.5. The molecular weight excluding hydrogens is 331 g/mol. The molecule has 0 saturated carbocycles. The second-order valence-electron chi connectivity index (χ2n) is 3.79. The van der Waals surface area contributed by atoms with E-state index in [0.717, 1.165) is 14.3 Å². The molecule has 1 atom stereocenters. The minimum absolute atomic E-state index is 0.0230. The van der Waals surface area contributed by atoms with Crippen molar-refractivity contribution in [2.45, 2.75) is 0 Å². The molecule has 0 fully saturated rings. The van der Waals surface area contributed by atoms with Crippen LogP contribution in [0, 0.1) is 14.0 Å². The Kier molecular flexibility index (Phi) is 3.32. The SMILES string of the molecule is C=[N+]([O-])c1ccc2c([NH+](C)[O-])cc(I)cc2c1. The van der Waals surface area contributed by atoms with E-state index in [4.69, 9.17) is 0 Å². The number of hydroxylamine groups is 1. The first kappa shape index (κ1) is 12.3. The summed E-state index contributed by atoms with van der Waals surface area (Å²) in [5.74, 6) is 0. The zero-order valence-electron chi connectivity index (χ0n) is 9.24. The number of quaternary nitrogens is 1. The van der Waals surface area contributed by atoms with Gasteiger partial charge in [-0.15, -0.1) is 0 Å². The molecule has 0 aromatic heterocycles. The van der Waals surface area contributed by atoms with Crippen LogP contribution in [0.15, 0.2) is 30.3 Å². The normalized spacial score (nSPS) is 12.6. The fraction of sp³-hybridized carbons (Fsp3) is 0.0833. The van der Waals surface area contributed by atoms with Crippen LogP contribution in [0.2, 0.25) is 0 Å². The fourth-order valence-electron chi connectivity index (χ4n) is 1.77. The molecular formula is C12H11IN2O2. The monoisotopic (exact) mass is 342 g/mol. The highest BCUT2D eigenvalue weighted by molar-refractivity contribution is 14.1. The van der Waals surface area contributed by atoms with Gasteiger partial charge < -0.3 is 15.5 Å². The second kappa shape index (κ2) is 4.59. The topological polar surface area (TPSA) is 53.6 Å². The molecule has 0 amide bonds. The van der Waals surface area contributed by atoms with Gasteiger partial charge in [-0.25, -0.2) is 0 Å². The number of hydrogen-bond donors (Lipinski definition) is 1. The lowest BCUT2D eigenvalue weighted by atomic mass is 10.1. The van der Waals surface area contributed by atoms with Crippen molar-refractivity contribution >= 4 is 51.5 Å². The molecule has 17 heavy (non-hydrogen) atoms. The Morgan fingerprint density at radius 1 is 1.29 bits per heavy atom. The molecule has 0 bridgehead atoms. The number of benzene rings is 2. The standard InChI is InChI=1S/C12H11IN2O2/c1-14(16)10-3-4-11-8(6-10)5-9(13)7-12(11)15(2)17/h3-7,15H,1H2,2H3. The van der Waals surface area contributed by atoms with E-state index in [0.29, 0.717) is 16.1 Å². The Labute approximate surface area is 112 Å². The Bertz CT molecular complexity index is 596. The van der Waals surface area contributed by atoms with Gasteiger partial charge in [-0.1, -0.05) is 0 Å². The molecule has 0 aliphatic rings. The van der Waals surface area contributed by atoms with Crippen molar-refractivity contribution < 1.29 is 9.80 Å². The molecule has 0 aliphatic carbocycles. The van der Waals surface area contributed by atoms with E-state index in [1.165, 1.54) is 0 Å². The molecule has 0 saturated heterocycles. The van der Waals surface area contributed by atoms with Crippen LogP contribution >= 0.6 is 22.6 Å². The highest BCUT2D eigenvalue weighted by Crippen LogP contribution is 2.27. The summed E-state index contributed by atoms with van der Waals surface area (Å²) in [5, 5.41) is 24.4. The largest absolute Gasteiger partial charge is 0.629 e. The molecule has 2 rings (SSSR count). The third kappa shape index (κ3) is 2.41. The molecule has 0 radical (unpaired) electrons. The maximum Gasteiger partial charge on any atom is 0.216 e. The molecule has 4 nitrogen and oxygen atoms in total. The van der Waals surface area contributed by atoms with Crippen LogP contribution in [-0.4, -0.2) is 18.5 Å². The fourth-order valence-corrected chi connectivity index (χ4v) is 2.41. The van der Waals surface area contributed by atoms with Gasteiger partial charge >= 0.3 is 0 Å². The molecule has 2 aromatic carbocycles. The van der Waals surface area contributed by atoms with Crippen molar-refractivity contribution in [2.75, 3.05) is 7.05 Å². The van der Waals surface area contributed by atoms with Crippen LogP contribution < -0.4 is 5.06 Å². The molecule has 5 heteroatoms. The van der Waals surface area contributed by atoms with Crippen LogP contribution in [0.3, 0.4) is 0 Å². The van der Waals surface area contributed by atoms with Crippen molar-refractivity contribution in [3.05, 3.63) is 44.3 Å². The number of halogens is 1. The number of nitrogens with zero attached hydrogens (tertiary/aromatic N) is 1. The summed E-state index contributed by atoms with van der Waals surface area (Å²) in [6.45, 7) is 3.30. The third-order valence-electron chi connectivity index (χ3n) is 2.57. The average molecular weight is 342 g/mol.